The van der Waals surface area contributed by atoms with E-state index >= 15 is 0 Å². The SMILES string of the molecule is CN=C(NC)[C@@H]1c2c(cnn2CC(=O)N[Si](C)(C)C(C)(C)C)[C@@H]2CN1C(=O)N2OCc1ccccc1. The minimum atomic E-state index is -2.04. The molecule has 0 spiro atoms. The fourth-order valence-electron chi connectivity index (χ4n) is 4.50. The fraction of sp³-hybridized carbons (Fsp3) is 0.520. The summed E-state index contributed by atoms with van der Waals surface area (Å²) < 4.78 is 1.71. The van der Waals surface area contributed by atoms with Crippen molar-refractivity contribution in [2.75, 3.05) is 20.6 Å². The summed E-state index contributed by atoms with van der Waals surface area (Å²) in [6.07, 6.45) is 1.75. The first kappa shape index (κ1) is 25.9. The highest BCUT2D eigenvalue weighted by Crippen LogP contribution is 2.44. The Bertz CT molecular complexity index is 1160. The number of nitrogens with one attached hydrogen (secondary N) is 2. The van der Waals surface area contributed by atoms with Crippen LogP contribution in [0.4, 0.5) is 4.79 Å². The van der Waals surface area contributed by atoms with Crippen LogP contribution in [0.3, 0.4) is 0 Å². The Kier molecular flexibility index (Phi) is 6.98. The number of nitrogens with zero attached hydrogens (tertiary/aromatic N) is 5. The highest BCUT2D eigenvalue weighted by atomic mass is 28.3. The Labute approximate surface area is 213 Å². The van der Waals surface area contributed by atoms with Crippen LogP contribution in [0.1, 0.15) is 49.7 Å². The summed E-state index contributed by atoms with van der Waals surface area (Å²) >= 11 is 0. The molecule has 2 aliphatic rings. The zero-order valence-electron chi connectivity index (χ0n) is 22.2. The Morgan fingerprint density at radius 1 is 1.25 bits per heavy atom. The van der Waals surface area contributed by atoms with E-state index in [2.05, 4.69) is 54.3 Å². The molecule has 0 unspecified atom stereocenters. The Hall–Kier alpha value is -3.18. The highest BCUT2D eigenvalue weighted by Gasteiger charge is 2.52. The molecule has 2 aliphatic heterocycles. The largest absolute Gasteiger partial charge is 0.380 e. The van der Waals surface area contributed by atoms with Crippen LogP contribution in [0.2, 0.25) is 18.1 Å². The average Bonchev–Trinajstić information content (AvgIpc) is 3.35. The molecule has 2 atom stereocenters. The van der Waals surface area contributed by atoms with Crippen molar-refractivity contribution >= 4 is 26.0 Å². The number of aliphatic imine (C=N–C) groups is 1. The molecule has 0 radical (unpaired) electrons. The van der Waals surface area contributed by atoms with Crippen molar-refractivity contribution in [1.29, 1.82) is 0 Å². The molecule has 0 saturated carbocycles. The van der Waals surface area contributed by atoms with Crippen LogP contribution in [0.5, 0.6) is 0 Å². The molecule has 194 valence electrons. The van der Waals surface area contributed by atoms with E-state index in [0.717, 1.165) is 16.8 Å². The summed E-state index contributed by atoms with van der Waals surface area (Å²) in [6.45, 7) is 11.6. The third kappa shape index (κ3) is 4.64. The van der Waals surface area contributed by atoms with Crippen LogP contribution in [0.25, 0.3) is 0 Å². The Balaban J connectivity index is 1.65. The molecule has 2 aromatic rings. The number of benzene rings is 1. The molecule has 1 aromatic carbocycles. The van der Waals surface area contributed by atoms with Gasteiger partial charge in [0, 0.05) is 19.7 Å². The van der Waals surface area contributed by atoms with E-state index in [4.69, 9.17) is 4.84 Å². The summed E-state index contributed by atoms with van der Waals surface area (Å²) in [5, 5.41) is 9.18. The van der Waals surface area contributed by atoms with Gasteiger partial charge in [-0.3, -0.25) is 19.3 Å². The van der Waals surface area contributed by atoms with Crippen LogP contribution < -0.4 is 10.3 Å². The van der Waals surface area contributed by atoms with Crippen LogP contribution in [-0.4, -0.2) is 66.4 Å². The number of hydroxylamine groups is 2. The third-order valence-corrected chi connectivity index (χ3v) is 12.2. The van der Waals surface area contributed by atoms with Gasteiger partial charge in [0.2, 0.25) is 5.91 Å². The second-order valence-electron chi connectivity index (χ2n) is 10.9. The maximum atomic E-state index is 13.5. The summed E-state index contributed by atoms with van der Waals surface area (Å²) in [6, 6.07) is 8.70. The first-order valence-corrected chi connectivity index (χ1v) is 15.3. The van der Waals surface area contributed by atoms with Crippen molar-refractivity contribution in [3.8, 4) is 0 Å². The van der Waals surface area contributed by atoms with E-state index in [1.165, 1.54) is 5.06 Å². The summed E-state index contributed by atoms with van der Waals surface area (Å²) in [7, 11) is 1.43. The number of amidine groups is 1. The first-order chi connectivity index (χ1) is 17.0. The van der Waals surface area contributed by atoms with Gasteiger partial charge >= 0.3 is 6.03 Å². The van der Waals surface area contributed by atoms with Gasteiger partial charge in [-0.1, -0.05) is 64.2 Å². The summed E-state index contributed by atoms with van der Waals surface area (Å²) in [4.78, 5) is 42.1. The minimum absolute atomic E-state index is 0.0106. The minimum Gasteiger partial charge on any atom is -0.380 e. The molecule has 10 nitrogen and oxygen atoms in total. The van der Waals surface area contributed by atoms with Gasteiger partial charge in [0.25, 0.3) is 0 Å². The van der Waals surface area contributed by atoms with Crippen molar-refractivity contribution in [3.05, 3.63) is 53.3 Å². The normalized spacial score (nSPS) is 20.0. The molecule has 1 aromatic heterocycles. The lowest BCUT2D eigenvalue weighted by Crippen LogP contribution is -2.55. The lowest BCUT2D eigenvalue weighted by molar-refractivity contribution is -0.141. The molecule has 36 heavy (non-hydrogen) atoms. The maximum Gasteiger partial charge on any atom is 0.345 e. The van der Waals surface area contributed by atoms with Gasteiger partial charge in [0.15, 0.2) is 8.24 Å². The smallest absolute Gasteiger partial charge is 0.345 e. The average molecular weight is 512 g/mol. The Morgan fingerprint density at radius 3 is 2.56 bits per heavy atom. The van der Waals surface area contributed by atoms with Gasteiger partial charge < -0.3 is 15.2 Å². The van der Waals surface area contributed by atoms with E-state index in [1.807, 2.05) is 30.3 Å². The van der Waals surface area contributed by atoms with E-state index in [1.54, 1.807) is 29.9 Å². The van der Waals surface area contributed by atoms with Crippen LogP contribution in [0.15, 0.2) is 41.5 Å². The molecule has 1 saturated heterocycles. The van der Waals surface area contributed by atoms with Crippen LogP contribution in [-0.2, 0) is 22.8 Å². The van der Waals surface area contributed by atoms with Crippen molar-refractivity contribution in [2.24, 2.45) is 4.99 Å². The van der Waals surface area contributed by atoms with Gasteiger partial charge in [-0.05, 0) is 10.6 Å². The zero-order chi connectivity index (χ0) is 26.3. The van der Waals surface area contributed by atoms with Crippen molar-refractivity contribution in [2.45, 2.75) is 64.1 Å². The molecule has 11 heteroatoms. The number of carbonyl (C=O) groups is 2. The number of likely N-dealkylation sites (N-methyl/N-ethyl adjacent to an activating group) is 1. The van der Waals surface area contributed by atoms with E-state index in [9.17, 15) is 9.59 Å². The first-order valence-electron chi connectivity index (χ1n) is 12.3. The number of amides is 3. The molecular formula is C25H37N7O3Si. The predicted molar refractivity (Wildman–Crippen MR) is 141 cm³/mol. The van der Waals surface area contributed by atoms with Crippen LogP contribution in [0, 0.1) is 0 Å². The summed E-state index contributed by atoms with van der Waals surface area (Å²) in [5.41, 5.74) is 2.62. The molecule has 2 bridgehead atoms. The number of hydrogen-bond acceptors (Lipinski definition) is 5. The lowest BCUT2D eigenvalue weighted by Gasteiger charge is -2.37. The Morgan fingerprint density at radius 2 is 1.94 bits per heavy atom. The molecular weight excluding hydrogens is 474 g/mol. The molecule has 4 rings (SSSR count). The molecule has 0 aliphatic carbocycles. The molecule has 3 heterocycles. The lowest BCUT2D eigenvalue weighted by atomic mass is 9.97. The van der Waals surface area contributed by atoms with Gasteiger partial charge in [0.05, 0.1) is 18.4 Å². The monoisotopic (exact) mass is 511 g/mol. The second kappa shape index (κ2) is 9.70. The highest BCUT2D eigenvalue weighted by molar-refractivity contribution is 6.79. The van der Waals surface area contributed by atoms with E-state index in [0.29, 0.717) is 12.4 Å². The fourth-order valence-corrected chi connectivity index (χ4v) is 5.65. The number of aromatic nitrogens is 2. The number of urea groups is 1. The van der Waals surface area contributed by atoms with Crippen molar-refractivity contribution in [3.63, 3.8) is 0 Å². The van der Waals surface area contributed by atoms with Crippen molar-refractivity contribution in [1.82, 2.24) is 30.0 Å². The third-order valence-electron chi connectivity index (χ3n) is 7.52. The molecule has 3 amide bonds. The van der Waals surface area contributed by atoms with Crippen LogP contribution >= 0.6 is 0 Å². The summed E-state index contributed by atoms with van der Waals surface area (Å²) in [5.74, 6) is 0.543. The standard InChI is InChI=1S/C25H37N7O3Si/c1-25(2,3)36(6,7)29-20(33)15-31-21-18(13-28-31)19-14-30(22(21)23(26-4)27-5)24(34)32(19)35-16-17-11-9-8-10-12-17/h8-13,19,22H,14-16H2,1-7H3,(H,26,27)(H,29,33)/t19-,22-/m0/s1. The maximum absolute atomic E-state index is 13.5. The second-order valence-corrected chi connectivity index (χ2v) is 15.9. The van der Waals surface area contributed by atoms with Gasteiger partial charge in [-0.2, -0.15) is 10.2 Å². The van der Waals surface area contributed by atoms with Crippen molar-refractivity contribution < 1.29 is 14.4 Å². The number of fused-ring (bicyclic) bond motifs is 4. The molecule has 1 fully saturated rings. The zero-order valence-corrected chi connectivity index (χ0v) is 23.2. The number of rotatable bonds is 7. The number of carbonyl (C=O) groups excluding carboxylic acids is 2. The van der Waals surface area contributed by atoms with E-state index < -0.39 is 14.3 Å². The van der Waals surface area contributed by atoms with Gasteiger partial charge in [-0.25, -0.2) is 4.79 Å². The number of hydrogen-bond donors (Lipinski definition) is 2. The predicted octanol–water partition coefficient (Wildman–Crippen LogP) is 3.22. The van der Waals surface area contributed by atoms with Gasteiger partial charge in [0.1, 0.15) is 31.1 Å². The van der Waals surface area contributed by atoms with E-state index in [-0.39, 0.29) is 36.2 Å². The topological polar surface area (TPSA) is 104 Å². The molecule has 2 N–H and O–H groups in total. The quantitative estimate of drug-likeness (QED) is 0.337. The van der Waals surface area contributed by atoms with Gasteiger partial charge in [-0.15, -0.1) is 0 Å².